The highest BCUT2D eigenvalue weighted by atomic mass is 16.6. The molecule has 0 radical (unpaired) electrons. The van der Waals surface area contributed by atoms with E-state index < -0.39 is 24.5 Å². The molecular weight excluding hydrogens is 702 g/mol. The number of hydrogen-bond acceptors (Lipinski definition) is 10. The summed E-state index contributed by atoms with van der Waals surface area (Å²) in [6.07, 6.45) is 13.5. The molecule has 1 amide bonds. The average molecular weight is 778 g/mol. The standard InChI is InChI=1S/C44H75NO10/c1-11-15-34(25-29(2)16-14-17-36(51-7)28-37(52-8)26-32(5)43(49)54-10)39(47)21-19-30(3)24-31(4)42(35-20-22-40(48)41(27-35)53-9)55-44(50)38-18-12-13-23-45(38)33(6)46/h11,24-25,30,32,34-38,40-43,48-49H,1,12-23,26-28H2,2-10H3/b29-25+,31-24+/t30-,32-,34-,35+,36+,37+,38?,40+,41+,42?,43+/m1/s1. The summed E-state index contributed by atoms with van der Waals surface area (Å²) in [4.78, 5) is 41.2. The van der Waals surface area contributed by atoms with Crippen molar-refractivity contribution in [3.8, 4) is 0 Å². The maximum absolute atomic E-state index is 13.6. The third-order valence-electron chi connectivity index (χ3n) is 11.8. The zero-order valence-corrected chi connectivity index (χ0v) is 35.5. The number of ketones is 1. The van der Waals surface area contributed by atoms with E-state index in [0.29, 0.717) is 57.9 Å². The molecule has 1 heterocycles. The van der Waals surface area contributed by atoms with Gasteiger partial charge in [-0.25, -0.2) is 4.79 Å². The zero-order valence-electron chi connectivity index (χ0n) is 35.5. The van der Waals surface area contributed by atoms with Crippen LogP contribution in [0, 0.1) is 23.7 Å². The molecule has 1 aliphatic heterocycles. The number of carbonyl (C=O) groups excluding carboxylic acids is 3. The summed E-state index contributed by atoms with van der Waals surface area (Å²) >= 11 is 0. The number of aliphatic hydroxyl groups is 2. The van der Waals surface area contributed by atoms with E-state index >= 15 is 0 Å². The predicted molar refractivity (Wildman–Crippen MR) is 215 cm³/mol. The van der Waals surface area contributed by atoms with Gasteiger partial charge < -0.3 is 38.8 Å². The first-order chi connectivity index (χ1) is 26.2. The smallest absolute Gasteiger partial charge is 0.329 e. The summed E-state index contributed by atoms with van der Waals surface area (Å²) in [7, 11) is 6.49. The Morgan fingerprint density at radius 3 is 2.22 bits per heavy atom. The Morgan fingerprint density at radius 2 is 1.60 bits per heavy atom. The molecule has 0 aromatic carbocycles. The number of Topliss-reactive ketones (excluding diaryl/α,β-unsaturated/α-hetero) is 1. The van der Waals surface area contributed by atoms with Crippen molar-refractivity contribution >= 4 is 17.7 Å². The third kappa shape index (κ3) is 16.5. The summed E-state index contributed by atoms with van der Waals surface area (Å²) in [5, 5.41) is 20.5. The number of rotatable bonds is 25. The van der Waals surface area contributed by atoms with Crippen LogP contribution in [0.5, 0.6) is 0 Å². The second-order valence-corrected chi connectivity index (χ2v) is 16.2. The number of ether oxygens (including phenoxy) is 5. The van der Waals surface area contributed by atoms with Crippen molar-refractivity contribution in [1.29, 1.82) is 0 Å². The first-order valence-electron chi connectivity index (χ1n) is 20.6. The van der Waals surface area contributed by atoms with Gasteiger partial charge in [-0.3, -0.25) is 9.59 Å². The molecule has 1 saturated carbocycles. The zero-order chi connectivity index (χ0) is 41.1. The Balaban J connectivity index is 2.06. The third-order valence-corrected chi connectivity index (χ3v) is 11.8. The summed E-state index contributed by atoms with van der Waals surface area (Å²) in [6, 6.07) is -0.595. The van der Waals surface area contributed by atoms with Crippen molar-refractivity contribution in [2.45, 2.75) is 167 Å². The number of esters is 1. The topological polar surface area (TPSA) is 141 Å². The van der Waals surface area contributed by atoms with E-state index in [4.69, 9.17) is 23.7 Å². The number of piperidine rings is 1. The van der Waals surface area contributed by atoms with Gasteiger partial charge >= 0.3 is 5.97 Å². The van der Waals surface area contributed by atoms with Crippen LogP contribution < -0.4 is 0 Å². The van der Waals surface area contributed by atoms with Gasteiger partial charge in [0, 0.05) is 66.1 Å². The number of carbonyl (C=O) groups is 3. The van der Waals surface area contributed by atoms with Crippen LogP contribution in [0.1, 0.15) is 125 Å². The molecule has 0 aromatic heterocycles. The van der Waals surface area contributed by atoms with Gasteiger partial charge in [0.25, 0.3) is 0 Å². The van der Waals surface area contributed by atoms with Crippen LogP contribution >= 0.6 is 0 Å². The van der Waals surface area contributed by atoms with E-state index in [1.54, 1.807) is 32.3 Å². The van der Waals surface area contributed by atoms with E-state index in [-0.39, 0.29) is 59.6 Å². The maximum Gasteiger partial charge on any atom is 0.329 e. The van der Waals surface area contributed by atoms with Crippen LogP contribution in [-0.4, -0.2) is 111 Å². The first-order valence-corrected chi connectivity index (χ1v) is 20.6. The van der Waals surface area contributed by atoms with Crippen molar-refractivity contribution in [1.82, 2.24) is 4.90 Å². The van der Waals surface area contributed by atoms with Gasteiger partial charge in [0.05, 0.1) is 24.4 Å². The number of allylic oxidation sites excluding steroid dienone is 4. The highest BCUT2D eigenvalue weighted by Crippen LogP contribution is 2.35. The predicted octanol–water partition coefficient (Wildman–Crippen LogP) is 7.13. The molecule has 55 heavy (non-hydrogen) atoms. The molecule has 0 bridgehead atoms. The molecular formula is C44H75NO10. The van der Waals surface area contributed by atoms with Crippen molar-refractivity contribution in [3.63, 3.8) is 0 Å². The van der Waals surface area contributed by atoms with Gasteiger partial charge in [-0.2, -0.15) is 0 Å². The molecule has 2 aliphatic rings. The SMILES string of the molecule is C=CC[C@H](/C=C(\C)CCC[C@@H](C[C@H](C[C@@H](C)[C@@H](O)OC)OC)OC)C(=O)CC[C@@H](C)/C=C(\C)C(OC(=O)C1CCCCN1C(C)=O)[C@H]1CC[C@H](O)[C@@H](OC)C1. The van der Waals surface area contributed by atoms with Gasteiger partial charge in [-0.05, 0) is 109 Å². The molecule has 1 saturated heterocycles. The Kier molecular flexibility index (Phi) is 22.8. The lowest BCUT2D eigenvalue weighted by atomic mass is 9.79. The highest BCUT2D eigenvalue weighted by Gasteiger charge is 2.39. The fourth-order valence-electron chi connectivity index (χ4n) is 8.36. The molecule has 11 nitrogen and oxygen atoms in total. The van der Waals surface area contributed by atoms with Crippen LogP contribution in [0.3, 0.4) is 0 Å². The average Bonchev–Trinajstić information content (AvgIpc) is 3.17. The lowest BCUT2D eigenvalue weighted by Crippen LogP contribution is -2.49. The van der Waals surface area contributed by atoms with Crippen molar-refractivity contribution in [3.05, 3.63) is 36.0 Å². The Morgan fingerprint density at radius 1 is 0.891 bits per heavy atom. The van der Waals surface area contributed by atoms with E-state index in [1.165, 1.54) is 14.0 Å². The van der Waals surface area contributed by atoms with Crippen molar-refractivity contribution in [2.75, 3.05) is 35.0 Å². The number of methoxy groups -OCH3 is 4. The normalized spacial score (nSPS) is 25.0. The van der Waals surface area contributed by atoms with E-state index in [9.17, 15) is 24.6 Å². The minimum absolute atomic E-state index is 0.0185. The largest absolute Gasteiger partial charge is 0.456 e. The fourth-order valence-corrected chi connectivity index (χ4v) is 8.36. The molecule has 1 aliphatic carbocycles. The monoisotopic (exact) mass is 778 g/mol. The molecule has 2 N–H and O–H groups in total. The minimum Gasteiger partial charge on any atom is -0.456 e. The summed E-state index contributed by atoms with van der Waals surface area (Å²) in [5.41, 5.74) is 2.08. The van der Waals surface area contributed by atoms with Crippen molar-refractivity contribution < 1.29 is 48.3 Å². The second kappa shape index (κ2) is 25.8. The van der Waals surface area contributed by atoms with E-state index in [0.717, 1.165) is 49.7 Å². The Bertz CT molecular complexity index is 1230. The molecule has 11 heteroatoms. The van der Waals surface area contributed by atoms with Crippen LogP contribution in [-0.2, 0) is 38.1 Å². The Hall–Kier alpha value is -2.41. The summed E-state index contributed by atoms with van der Waals surface area (Å²) in [5.74, 6) is -0.616. The van der Waals surface area contributed by atoms with Gasteiger partial charge in [0.2, 0.25) is 5.91 Å². The van der Waals surface area contributed by atoms with Crippen LogP contribution in [0.25, 0.3) is 0 Å². The molecule has 0 aromatic rings. The molecule has 2 rings (SSSR count). The van der Waals surface area contributed by atoms with Gasteiger partial charge in [-0.15, -0.1) is 6.58 Å². The number of likely N-dealkylation sites (tertiary alicyclic amines) is 1. The van der Waals surface area contributed by atoms with Gasteiger partial charge in [0.1, 0.15) is 17.9 Å². The van der Waals surface area contributed by atoms with Crippen LogP contribution in [0.15, 0.2) is 36.0 Å². The van der Waals surface area contributed by atoms with E-state index in [1.807, 2.05) is 13.8 Å². The highest BCUT2D eigenvalue weighted by molar-refractivity contribution is 5.84. The van der Waals surface area contributed by atoms with E-state index in [2.05, 4.69) is 32.6 Å². The lowest BCUT2D eigenvalue weighted by molar-refractivity contribution is -0.163. The fraction of sp³-hybridized carbons (Fsp3) is 0.795. The maximum atomic E-state index is 13.6. The molecule has 0 spiro atoms. The summed E-state index contributed by atoms with van der Waals surface area (Å²) < 4.78 is 28.4. The first kappa shape index (κ1) is 48.7. The van der Waals surface area contributed by atoms with Crippen LogP contribution in [0.4, 0.5) is 0 Å². The van der Waals surface area contributed by atoms with Crippen molar-refractivity contribution in [2.24, 2.45) is 23.7 Å². The summed E-state index contributed by atoms with van der Waals surface area (Å²) in [6.45, 7) is 14.0. The van der Waals surface area contributed by atoms with Gasteiger partial charge in [-0.1, -0.05) is 37.6 Å². The second-order valence-electron chi connectivity index (χ2n) is 16.2. The molecule has 2 fully saturated rings. The number of aliphatic hydroxyl groups excluding tert-OH is 2. The van der Waals surface area contributed by atoms with Crippen LogP contribution in [0.2, 0.25) is 0 Å². The quantitative estimate of drug-likeness (QED) is 0.0559. The molecule has 11 atom stereocenters. The molecule has 2 unspecified atom stereocenters. The Labute approximate surface area is 332 Å². The number of amides is 1. The number of nitrogens with zero attached hydrogens (tertiary/aromatic N) is 1. The number of hydrogen-bond donors (Lipinski definition) is 2. The molecule has 316 valence electrons. The lowest BCUT2D eigenvalue weighted by Gasteiger charge is -2.39. The van der Waals surface area contributed by atoms with Gasteiger partial charge in [0.15, 0.2) is 6.29 Å². The minimum atomic E-state index is -0.828.